The van der Waals surface area contributed by atoms with Gasteiger partial charge >= 0.3 is 0 Å². The van der Waals surface area contributed by atoms with Crippen LogP contribution in [0.3, 0.4) is 0 Å². The second kappa shape index (κ2) is 8.09. The Balaban J connectivity index is 2.63. The molecule has 0 saturated carbocycles. The normalized spacial score (nSPS) is 12.6. The Morgan fingerprint density at radius 3 is 2.78 bits per heavy atom. The molecule has 1 aromatic rings. The van der Waals surface area contributed by atoms with E-state index in [0.717, 1.165) is 24.9 Å². The molecule has 0 aliphatic carbocycles. The molecule has 1 atom stereocenters. The van der Waals surface area contributed by atoms with Crippen LogP contribution in [0.15, 0.2) is 23.1 Å². The maximum Gasteiger partial charge on any atom is 0.255 e. The number of aromatic nitrogens is 1. The topological polar surface area (TPSA) is 34.0 Å². The minimum atomic E-state index is 0.157. The lowest BCUT2D eigenvalue weighted by atomic mass is 10.2. The Bertz CT molecular complexity index is 398. The third-order valence-electron chi connectivity index (χ3n) is 3.35. The number of rotatable bonds is 8. The molecule has 3 nitrogen and oxygen atoms in total. The fourth-order valence-electron chi connectivity index (χ4n) is 1.86. The first-order valence-corrected chi connectivity index (χ1v) is 7.10. The molecule has 1 aromatic heterocycles. The monoisotopic (exact) mass is 250 g/mol. The van der Waals surface area contributed by atoms with Crippen molar-refractivity contribution in [2.24, 2.45) is 0 Å². The Hall–Kier alpha value is -1.09. The van der Waals surface area contributed by atoms with E-state index in [1.54, 1.807) is 0 Å². The van der Waals surface area contributed by atoms with Crippen molar-refractivity contribution in [1.82, 2.24) is 9.88 Å². The lowest BCUT2D eigenvalue weighted by molar-refractivity contribution is 0.525. The fourth-order valence-corrected chi connectivity index (χ4v) is 1.86. The van der Waals surface area contributed by atoms with Crippen molar-refractivity contribution in [3.05, 3.63) is 34.2 Å². The summed E-state index contributed by atoms with van der Waals surface area (Å²) in [5, 5.41) is 3.37. The lowest BCUT2D eigenvalue weighted by Crippen LogP contribution is -2.30. The number of pyridine rings is 1. The summed E-state index contributed by atoms with van der Waals surface area (Å²) >= 11 is 0. The maximum absolute atomic E-state index is 12.2. The van der Waals surface area contributed by atoms with Crippen LogP contribution in [0.25, 0.3) is 0 Å². The van der Waals surface area contributed by atoms with E-state index in [2.05, 4.69) is 26.1 Å². The number of nitrogens with one attached hydrogen (secondary N) is 1. The molecule has 1 unspecified atom stereocenters. The van der Waals surface area contributed by atoms with Gasteiger partial charge in [-0.2, -0.15) is 0 Å². The van der Waals surface area contributed by atoms with E-state index in [1.165, 1.54) is 12.8 Å². The third kappa shape index (κ3) is 4.65. The van der Waals surface area contributed by atoms with Gasteiger partial charge in [0, 0.05) is 30.9 Å². The van der Waals surface area contributed by atoms with Crippen molar-refractivity contribution in [2.45, 2.75) is 65.6 Å². The molecule has 0 aliphatic rings. The molecule has 0 bridgehead atoms. The fraction of sp³-hybridized carbons (Fsp3) is 0.667. The Labute approximate surface area is 110 Å². The number of aryl methyl sites for hydroxylation is 1. The average molecular weight is 250 g/mol. The zero-order valence-corrected chi connectivity index (χ0v) is 11.9. The number of unbranched alkanes of at least 4 members (excludes halogenated alkanes) is 2. The van der Waals surface area contributed by atoms with Crippen LogP contribution in [0.4, 0.5) is 0 Å². The zero-order chi connectivity index (χ0) is 13.4. The molecule has 3 heteroatoms. The van der Waals surface area contributed by atoms with Gasteiger partial charge in [-0.1, -0.05) is 32.8 Å². The van der Waals surface area contributed by atoms with E-state index >= 15 is 0 Å². The molecule has 0 fully saturated rings. The molecular formula is C15H26N2O. The van der Waals surface area contributed by atoms with E-state index in [1.807, 2.05) is 22.9 Å². The average Bonchev–Trinajstić information content (AvgIpc) is 2.39. The highest BCUT2D eigenvalue weighted by Crippen LogP contribution is 1.99. The SMILES string of the molecule is CCCCCn1cccc(CNC(C)CC)c1=O. The quantitative estimate of drug-likeness (QED) is 0.720. The second-order valence-electron chi connectivity index (χ2n) is 4.93. The van der Waals surface area contributed by atoms with E-state index in [9.17, 15) is 4.79 Å². The molecule has 102 valence electrons. The highest BCUT2D eigenvalue weighted by atomic mass is 16.1. The first kappa shape index (κ1) is 15.0. The Morgan fingerprint density at radius 1 is 1.33 bits per heavy atom. The van der Waals surface area contributed by atoms with Gasteiger partial charge in [-0.25, -0.2) is 0 Å². The van der Waals surface area contributed by atoms with Gasteiger partial charge < -0.3 is 9.88 Å². The van der Waals surface area contributed by atoms with Crippen LogP contribution in [0.5, 0.6) is 0 Å². The number of nitrogens with zero attached hydrogens (tertiary/aromatic N) is 1. The zero-order valence-electron chi connectivity index (χ0n) is 11.9. The molecule has 1 rings (SSSR count). The van der Waals surface area contributed by atoms with Crippen LogP contribution in [0, 0.1) is 0 Å². The molecule has 18 heavy (non-hydrogen) atoms. The van der Waals surface area contributed by atoms with Gasteiger partial charge in [0.1, 0.15) is 0 Å². The molecule has 0 aromatic carbocycles. The standard InChI is InChI=1S/C15H26N2O/c1-4-6-7-10-17-11-8-9-14(15(17)18)12-16-13(3)5-2/h8-9,11,13,16H,4-7,10,12H2,1-3H3. The van der Waals surface area contributed by atoms with Gasteiger partial charge in [0.25, 0.3) is 5.56 Å². The first-order valence-electron chi connectivity index (χ1n) is 7.10. The van der Waals surface area contributed by atoms with Gasteiger partial charge in [0.05, 0.1) is 0 Å². The molecular weight excluding hydrogens is 224 g/mol. The summed E-state index contributed by atoms with van der Waals surface area (Å²) in [6.45, 7) is 7.97. The van der Waals surface area contributed by atoms with Gasteiger partial charge in [-0.3, -0.25) is 4.79 Å². The third-order valence-corrected chi connectivity index (χ3v) is 3.35. The second-order valence-corrected chi connectivity index (χ2v) is 4.93. The number of hydrogen-bond donors (Lipinski definition) is 1. The predicted octanol–water partition coefficient (Wildman–Crippen LogP) is 2.93. The van der Waals surface area contributed by atoms with Crippen LogP contribution in [0.1, 0.15) is 52.0 Å². The Morgan fingerprint density at radius 2 is 2.11 bits per heavy atom. The molecule has 0 spiro atoms. The minimum absolute atomic E-state index is 0.157. The summed E-state index contributed by atoms with van der Waals surface area (Å²) in [5.41, 5.74) is 1.03. The summed E-state index contributed by atoms with van der Waals surface area (Å²) in [4.78, 5) is 12.2. The van der Waals surface area contributed by atoms with E-state index in [4.69, 9.17) is 0 Å². The lowest BCUT2D eigenvalue weighted by Gasteiger charge is -2.12. The highest BCUT2D eigenvalue weighted by molar-refractivity contribution is 5.10. The van der Waals surface area contributed by atoms with Crippen molar-refractivity contribution in [1.29, 1.82) is 0 Å². The molecule has 0 amide bonds. The van der Waals surface area contributed by atoms with Gasteiger partial charge in [-0.15, -0.1) is 0 Å². The van der Waals surface area contributed by atoms with Crippen LogP contribution >= 0.6 is 0 Å². The summed E-state index contributed by atoms with van der Waals surface area (Å²) in [7, 11) is 0. The van der Waals surface area contributed by atoms with E-state index in [-0.39, 0.29) is 5.56 Å². The first-order chi connectivity index (χ1) is 8.69. The van der Waals surface area contributed by atoms with Crippen molar-refractivity contribution in [3.8, 4) is 0 Å². The highest BCUT2D eigenvalue weighted by Gasteiger charge is 2.04. The Kier molecular flexibility index (Phi) is 6.73. The van der Waals surface area contributed by atoms with Crippen LogP contribution in [-0.2, 0) is 13.1 Å². The van der Waals surface area contributed by atoms with Crippen molar-refractivity contribution >= 4 is 0 Å². The van der Waals surface area contributed by atoms with Gasteiger partial charge in [-0.05, 0) is 25.8 Å². The molecule has 1 N–H and O–H groups in total. The van der Waals surface area contributed by atoms with Crippen molar-refractivity contribution in [3.63, 3.8) is 0 Å². The molecule has 0 aliphatic heterocycles. The van der Waals surface area contributed by atoms with Crippen LogP contribution in [-0.4, -0.2) is 10.6 Å². The van der Waals surface area contributed by atoms with Gasteiger partial charge in [0.2, 0.25) is 0 Å². The molecule has 0 radical (unpaired) electrons. The van der Waals surface area contributed by atoms with Crippen molar-refractivity contribution in [2.75, 3.05) is 0 Å². The van der Waals surface area contributed by atoms with Crippen molar-refractivity contribution < 1.29 is 0 Å². The smallest absolute Gasteiger partial charge is 0.255 e. The minimum Gasteiger partial charge on any atom is -0.315 e. The van der Waals surface area contributed by atoms with E-state index in [0.29, 0.717) is 12.6 Å². The van der Waals surface area contributed by atoms with E-state index < -0.39 is 0 Å². The summed E-state index contributed by atoms with van der Waals surface area (Å²) in [5.74, 6) is 0. The van der Waals surface area contributed by atoms with Gasteiger partial charge in [0.15, 0.2) is 0 Å². The summed E-state index contributed by atoms with van der Waals surface area (Å²) < 4.78 is 1.84. The number of hydrogen-bond acceptors (Lipinski definition) is 2. The van der Waals surface area contributed by atoms with Crippen LogP contribution < -0.4 is 10.9 Å². The van der Waals surface area contributed by atoms with Crippen LogP contribution in [0.2, 0.25) is 0 Å². The largest absolute Gasteiger partial charge is 0.315 e. The summed E-state index contributed by atoms with van der Waals surface area (Å²) in [6.07, 6.45) is 6.42. The summed E-state index contributed by atoms with van der Waals surface area (Å²) in [6, 6.07) is 4.35. The molecule has 0 saturated heterocycles. The maximum atomic E-state index is 12.2. The molecule has 1 heterocycles. The predicted molar refractivity (Wildman–Crippen MR) is 76.8 cm³/mol.